The minimum absolute atomic E-state index is 0.112. The van der Waals surface area contributed by atoms with Crippen molar-refractivity contribution >= 4 is 24.6 Å². The Labute approximate surface area is 282 Å². The summed E-state index contributed by atoms with van der Waals surface area (Å²) in [6.07, 6.45) is 15.9. The normalized spacial score (nSPS) is 22.5. The van der Waals surface area contributed by atoms with Crippen LogP contribution in [0, 0.1) is 11.8 Å². The van der Waals surface area contributed by atoms with Crippen LogP contribution in [0.25, 0.3) is 27.5 Å². The summed E-state index contributed by atoms with van der Waals surface area (Å²) in [5.74, 6) is 1.30. The van der Waals surface area contributed by atoms with Crippen LogP contribution in [-0.2, 0) is 5.41 Å². The zero-order chi connectivity index (χ0) is 33.1. The fourth-order valence-electron chi connectivity index (χ4n) is 10.8. The van der Waals surface area contributed by atoms with E-state index < -0.39 is 8.24 Å². The second-order valence-electron chi connectivity index (χ2n) is 17.2. The molecule has 1 fully saturated rings. The zero-order valence-electron chi connectivity index (χ0n) is 30.7. The molecular formula is C43H61N2Si+. The minimum atomic E-state index is -1.85. The molecule has 46 heavy (non-hydrogen) atoms. The molecule has 6 rings (SSSR count). The highest BCUT2D eigenvalue weighted by molar-refractivity contribution is 6.76. The molecular weight excluding hydrogens is 573 g/mol. The first-order valence-corrected chi connectivity index (χ1v) is 21.5. The van der Waals surface area contributed by atoms with Crippen LogP contribution in [0.5, 0.6) is 0 Å². The van der Waals surface area contributed by atoms with Crippen molar-refractivity contribution in [1.82, 2.24) is 4.67 Å². The molecule has 1 saturated carbocycles. The van der Waals surface area contributed by atoms with Crippen molar-refractivity contribution in [3.05, 3.63) is 89.5 Å². The van der Waals surface area contributed by atoms with Gasteiger partial charge in [0.15, 0.2) is 8.24 Å². The second-order valence-corrected chi connectivity index (χ2v) is 21.7. The Morgan fingerprint density at radius 1 is 0.826 bits per heavy atom. The Morgan fingerprint density at radius 3 is 2.15 bits per heavy atom. The number of hydrogen-bond donors (Lipinski definition) is 0. The molecule has 3 unspecified atom stereocenters. The average molecular weight is 634 g/mol. The average Bonchev–Trinajstić information content (AvgIpc) is 3.53. The molecule has 0 spiro atoms. The van der Waals surface area contributed by atoms with Crippen LogP contribution in [0.15, 0.2) is 78.4 Å². The zero-order valence-corrected chi connectivity index (χ0v) is 31.7. The molecule has 0 N–H and O–H groups in total. The molecule has 0 bridgehead atoms. The first-order chi connectivity index (χ1) is 21.7. The lowest BCUT2D eigenvalue weighted by Gasteiger charge is -2.55. The highest BCUT2D eigenvalue weighted by Crippen LogP contribution is 2.62. The van der Waals surface area contributed by atoms with Crippen molar-refractivity contribution in [3.63, 3.8) is 0 Å². The van der Waals surface area contributed by atoms with Gasteiger partial charge in [0.25, 0.3) is 0 Å². The number of fused-ring (bicyclic) bond motifs is 5. The van der Waals surface area contributed by atoms with Gasteiger partial charge in [0, 0.05) is 5.41 Å². The van der Waals surface area contributed by atoms with Crippen molar-refractivity contribution in [3.8, 4) is 11.1 Å². The van der Waals surface area contributed by atoms with E-state index in [4.69, 9.17) is 0 Å². The smallest absolute Gasteiger partial charge is 0.191 e. The predicted octanol–water partition coefficient (Wildman–Crippen LogP) is 11.8. The predicted molar refractivity (Wildman–Crippen MR) is 203 cm³/mol. The van der Waals surface area contributed by atoms with E-state index in [1.54, 1.807) is 16.7 Å². The van der Waals surface area contributed by atoms with E-state index in [9.17, 15) is 0 Å². The molecule has 0 saturated heterocycles. The van der Waals surface area contributed by atoms with E-state index >= 15 is 0 Å². The summed E-state index contributed by atoms with van der Waals surface area (Å²) in [7, 11) is 5.34. The molecule has 2 nitrogen and oxygen atoms in total. The van der Waals surface area contributed by atoms with Crippen LogP contribution in [-0.4, -0.2) is 44.2 Å². The van der Waals surface area contributed by atoms with Gasteiger partial charge in [-0.3, -0.25) is 4.59 Å². The molecule has 3 aromatic carbocycles. The molecule has 3 atom stereocenters. The maximum atomic E-state index is 2.92. The number of unbranched alkanes of at least 4 members (excludes halogenated alkanes) is 2. The van der Waals surface area contributed by atoms with Gasteiger partial charge < -0.3 is 0 Å². The summed E-state index contributed by atoms with van der Waals surface area (Å²) in [6.45, 7) is 17.5. The lowest BCUT2D eigenvalue weighted by Crippen LogP contribution is -2.71. The fourth-order valence-corrected chi connectivity index (χ4v) is 16.6. The van der Waals surface area contributed by atoms with Gasteiger partial charge in [-0.2, -0.15) is 4.67 Å². The van der Waals surface area contributed by atoms with Crippen LogP contribution in [0.4, 0.5) is 0 Å². The Morgan fingerprint density at radius 2 is 1.50 bits per heavy atom. The minimum Gasteiger partial charge on any atom is -0.257 e. The lowest BCUT2D eigenvalue weighted by atomic mass is 9.68. The van der Waals surface area contributed by atoms with E-state index in [1.807, 2.05) is 0 Å². The molecule has 3 aliphatic rings. The number of quaternary nitrogens is 1. The van der Waals surface area contributed by atoms with Crippen molar-refractivity contribution < 1.29 is 4.59 Å². The van der Waals surface area contributed by atoms with Crippen LogP contribution >= 0.6 is 0 Å². The number of nitrogens with zero attached hydrogens (tertiary/aromatic N) is 2. The number of rotatable bonds is 10. The maximum Gasteiger partial charge on any atom is 0.191 e. The maximum absolute atomic E-state index is 2.92. The van der Waals surface area contributed by atoms with E-state index in [-0.39, 0.29) is 11.0 Å². The standard InChI is InChI=1S/C43H61N2Si/c1-11-13-26-43(27-14-12-2)39-29-33(35-21-17-19-31-18-15-16-20-34(31)35)22-24-36(39)38-28-32-23-25-41(37(32)30-40(38)43)46(9,10)44(42(3,4)5)45(6,7)8/h15-22,24,28-30,32,37,41H,11-14,23,25-27H2,1-10H3/q+1. The Balaban J connectivity index is 1.50. The topological polar surface area (TPSA) is 3.24 Å². The highest BCUT2D eigenvalue weighted by atomic mass is 28.3. The van der Waals surface area contributed by atoms with Crippen molar-refractivity contribution in [1.29, 1.82) is 0 Å². The summed E-state index contributed by atoms with van der Waals surface area (Å²) < 4.78 is 3.83. The lowest BCUT2D eigenvalue weighted by molar-refractivity contribution is -0.978. The summed E-state index contributed by atoms with van der Waals surface area (Å²) in [6, 6.07) is 23.3. The molecule has 0 radical (unpaired) electrons. The highest BCUT2D eigenvalue weighted by Gasteiger charge is 2.56. The molecule has 3 aliphatic carbocycles. The number of hydrogen-bond acceptors (Lipinski definition) is 1. The molecule has 3 aromatic rings. The first kappa shape index (κ1) is 33.4. The number of allylic oxidation sites excluding steroid dienone is 4. The molecule has 0 amide bonds. The fraction of sp³-hybridized carbons (Fsp3) is 0.535. The van der Waals surface area contributed by atoms with Crippen molar-refractivity contribution in [2.75, 3.05) is 21.1 Å². The Kier molecular flexibility index (Phi) is 8.87. The third-order valence-electron chi connectivity index (χ3n) is 11.8. The molecule has 3 heteroatoms. The van der Waals surface area contributed by atoms with Gasteiger partial charge in [-0.05, 0) is 108 Å². The van der Waals surface area contributed by atoms with Crippen molar-refractivity contribution in [2.24, 2.45) is 11.8 Å². The van der Waals surface area contributed by atoms with E-state index in [0.717, 1.165) is 10.1 Å². The van der Waals surface area contributed by atoms with Crippen LogP contribution in [0.2, 0.25) is 18.6 Å². The van der Waals surface area contributed by atoms with Crippen LogP contribution in [0.3, 0.4) is 0 Å². The largest absolute Gasteiger partial charge is 0.257 e. The van der Waals surface area contributed by atoms with E-state index in [2.05, 4.69) is 146 Å². The summed E-state index contributed by atoms with van der Waals surface area (Å²) in [5, 5.41) is 2.68. The van der Waals surface area contributed by atoms with Crippen LogP contribution < -0.4 is 0 Å². The molecule has 0 aliphatic heterocycles. The Hall–Kier alpha value is -2.46. The first-order valence-electron chi connectivity index (χ1n) is 18.4. The third kappa shape index (κ3) is 5.59. The van der Waals surface area contributed by atoms with E-state index in [0.29, 0.717) is 11.8 Å². The van der Waals surface area contributed by atoms with Gasteiger partial charge in [-0.25, -0.2) is 0 Å². The summed E-state index contributed by atoms with van der Waals surface area (Å²) >= 11 is 0. The molecule has 246 valence electrons. The Bertz CT molecular complexity index is 1620. The van der Waals surface area contributed by atoms with Gasteiger partial charge in [0.2, 0.25) is 0 Å². The van der Waals surface area contributed by atoms with Crippen molar-refractivity contribution in [2.45, 2.75) is 116 Å². The summed E-state index contributed by atoms with van der Waals surface area (Å²) in [5.41, 5.74) is 10.2. The van der Waals surface area contributed by atoms with Gasteiger partial charge >= 0.3 is 0 Å². The summed E-state index contributed by atoms with van der Waals surface area (Å²) in [4.78, 5) is 0. The van der Waals surface area contributed by atoms with E-state index in [1.165, 1.54) is 78.8 Å². The molecule has 0 aromatic heterocycles. The molecule has 0 heterocycles. The van der Waals surface area contributed by atoms with Gasteiger partial charge in [-0.15, -0.1) is 0 Å². The van der Waals surface area contributed by atoms with Gasteiger partial charge in [-0.1, -0.05) is 126 Å². The quantitative estimate of drug-likeness (QED) is 0.122. The number of benzene rings is 3. The van der Waals surface area contributed by atoms with Gasteiger partial charge in [0.05, 0.1) is 26.7 Å². The SMILES string of the molecule is CCCCC1(CCCC)C2=CC3C(C=C2c2ccc(-c4cccc5ccccc45)cc21)CCC3[Si](C)(C)N(C(C)(C)C)[N+](C)(C)C. The third-order valence-corrected chi connectivity index (χ3v) is 16.7. The van der Waals surface area contributed by atoms with Crippen LogP contribution in [0.1, 0.15) is 97.1 Å². The second kappa shape index (κ2) is 12.2. The van der Waals surface area contributed by atoms with Gasteiger partial charge in [0.1, 0.15) is 0 Å². The monoisotopic (exact) mass is 633 g/mol.